The molecule has 0 bridgehead atoms. The van der Waals surface area contributed by atoms with E-state index < -0.39 is 0 Å². The maximum Gasteiger partial charge on any atom is 0.151 e. The van der Waals surface area contributed by atoms with Crippen molar-refractivity contribution >= 4 is 0 Å². The van der Waals surface area contributed by atoms with Gasteiger partial charge in [-0.15, -0.1) is 0 Å². The molecule has 0 aromatic carbocycles. The molecule has 1 atom stereocenters. The highest BCUT2D eigenvalue weighted by atomic mass is 16.5. The molecule has 0 aliphatic rings. The first kappa shape index (κ1) is 18.1. The van der Waals surface area contributed by atoms with Gasteiger partial charge in [-0.1, -0.05) is 19.0 Å². The van der Waals surface area contributed by atoms with Gasteiger partial charge in [-0.25, -0.2) is 0 Å². The first-order chi connectivity index (χ1) is 10.1. The van der Waals surface area contributed by atoms with Gasteiger partial charge in [-0.2, -0.15) is 0 Å². The van der Waals surface area contributed by atoms with Crippen molar-refractivity contribution in [3.8, 4) is 0 Å². The SMILES string of the molecule is COCCN(Cc1cc(CNC(C)C)no1)C(C)COC. The van der Waals surface area contributed by atoms with Gasteiger partial charge in [0.25, 0.3) is 0 Å². The quantitative estimate of drug-likeness (QED) is 0.670. The van der Waals surface area contributed by atoms with Crippen molar-refractivity contribution in [2.24, 2.45) is 0 Å². The van der Waals surface area contributed by atoms with Crippen molar-refractivity contribution in [1.82, 2.24) is 15.4 Å². The predicted octanol–water partition coefficient (Wildman–Crippen LogP) is 1.66. The van der Waals surface area contributed by atoms with E-state index in [4.69, 9.17) is 14.0 Å². The van der Waals surface area contributed by atoms with Crippen LogP contribution in [0.4, 0.5) is 0 Å². The van der Waals surface area contributed by atoms with Crippen LogP contribution in [0.3, 0.4) is 0 Å². The lowest BCUT2D eigenvalue weighted by Gasteiger charge is -2.27. The second-order valence-corrected chi connectivity index (χ2v) is 5.59. The van der Waals surface area contributed by atoms with Gasteiger partial charge < -0.3 is 19.3 Å². The summed E-state index contributed by atoms with van der Waals surface area (Å²) in [6.07, 6.45) is 0. The maximum absolute atomic E-state index is 5.42. The first-order valence-electron chi connectivity index (χ1n) is 7.46. The van der Waals surface area contributed by atoms with Crippen LogP contribution in [0.15, 0.2) is 10.6 Å². The summed E-state index contributed by atoms with van der Waals surface area (Å²) in [5.74, 6) is 0.870. The molecular formula is C15H29N3O3. The third-order valence-corrected chi connectivity index (χ3v) is 3.27. The number of hydrogen-bond donors (Lipinski definition) is 1. The van der Waals surface area contributed by atoms with Crippen molar-refractivity contribution < 1.29 is 14.0 Å². The van der Waals surface area contributed by atoms with Gasteiger partial charge in [0.15, 0.2) is 5.76 Å². The van der Waals surface area contributed by atoms with Crippen LogP contribution in [0.1, 0.15) is 32.2 Å². The largest absolute Gasteiger partial charge is 0.383 e. The van der Waals surface area contributed by atoms with Crippen LogP contribution >= 0.6 is 0 Å². The molecule has 1 rings (SSSR count). The molecule has 1 unspecified atom stereocenters. The molecule has 0 aliphatic carbocycles. The van der Waals surface area contributed by atoms with Gasteiger partial charge in [-0.05, 0) is 6.92 Å². The van der Waals surface area contributed by atoms with Crippen molar-refractivity contribution in [1.29, 1.82) is 0 Å². The summed E-state index contributed by atoms with van der Waals surface area (Å²) >= 11 is 0. The molecule has 0 spiro atoms. The Morgan fingerprint density at radius 3 is 2.67 bits per heavy atom. The monoisotopic (exact) mass is 299 g/mol. The van der Waals surface area contributed by atoms with E-state index >= 15 is 0 Å². The minimum Gasteiger partial charge on any atom is -0.383 e. The van der Waals surface area contributed by atoms with Crippen LogP contribution in [0.5, 0.6) is 0 Å². The average molecular weight is 299 g/mol. The summed E-state index contributed by atoms with van der Waals surface area (Å²) in [7, 11) is 3.43. The average Bonchev–Trinajstić information content (AvgIpc) is 2.89. The molecule has 6 nitrogen and oxygen atoms in total. The third-order valence-electron chi connectivity index (χ3n) is 3.27. The molecule has 0 radical (unpaired) electrons. The molecule has 1 aromatic rings. The standard InChI is InChI=1S/C15H29N3O3/c1-12(2)16-9-14-8-15(21-17-14)10-18(6-7-19-4)13(3)11-20-5/h8,12-13,16H,6-7,9-11H2,1-5H3. The third kappa shape index (κ3) is 7.04. The second kappa shape index (κ2) is 9.89. The van der Waals surface area contributed by atoms with Crippen LogP contribution in [-0.4, -0.2) is 56.1 Å². The molecule has 1 N–H and O–H groups in total. The zero-order valence-electron chi connectivity index (χ0n) is 13.9. The molecule has 0 fully saturated rings. The molecule has 0 saturated carbocycles. The zero-order chi connectivity index (χ0) is 15.7. The Balaban J connectivity index is 2.56. The summed E-state index contributed by atoms with van der Waals surface area (Å²) in [5, 5.41) is 7.43. The number of aromatic nitrogens is 1. The number of nitrogens with zero attached hydrogens (tertiary/aromatic N) is 2. The lowest BCUT2D eigenvalue weighted by Crippen LogP contribution is -2.37. The molecule has 1 aromatic heterocycles. The summed E-state index contributed by atoms with van der Waals surface area (Å²) in [4.78, 5) is 2.27. The highest BCUT2D eigenvalue weighted by Gasteiger charge is 2.16. The number of hydrogen-bond acceptors (Lipinski definition) is 6. The van der Waals surface area contributed by atoms with E-state index in [-0.39, 0.29) is 0 Å². The van der Waals surface area contributed by atoms with Crippen LogP contribution in [0.2, 0.25) is 0 Å². The van der Waals surface area contributed by atoms with E-state index in [1.54, 1.807) is 14.2 Å². The molecular weight excluding hydrogens is 270 g/mol. The predicted molar refractivity (Wildman–Crippen MR) is 82.1 cm³/mol. The molecule has 0 aliphatic heterocycles. The summed E-state index contributed by atoms with van der Waals surface area (Å²) in [5.41, 5.74) is 0.935. The lowest BCUT2D eigenvalue weighted by atomic mass is 10.2. The second-order valence-electron chi connectivity index (χ2n) is 5.59. The van der Waals surface area contributed by atoms with E-state index in [9.17, 15) is 0 Å². The Labute approximate surface area is 127 Å². The first-order valence-corrected chi connectivity index (χ1v) is 7.46. The van der Waals surface area contributed by atoms with Crippen LogP contribution in [-0.2, 0) is 22.6 Å². The Morgan fingerprint density at radius 1 is 1.29 bits per heavy atom. The van der Waals surface area contributed by atoms with Crippen LogP contribution in [0.25, 0.3) is 0 Å². The fraction of sp³-hybridized carbons (Fsp3) is 0.800. The molecule has 122 valence electrons. The zero-order valence-corrected chi connectivity index (χ0v) is 13.9. The topological polar surface area (TPSA) is 59.8 Å². The molecule has 6 heteroatoms. The molecule has 21 heavy (non-hydrogen) atoms. The Bertz CT molecular complexity index is 382. The van der Waals surface area contributed by atoms with Crippen molar-refractivity contribution in [2.75, 3.05) is 34.0 Å². The molecule has 1 heterocycles. The van der Waals surface area contributed by atoms with Crippen LogP contribution < -0.4 is 5.32 Å². The maximum atomic E-state index is 5.42. The number of ether oxygens (including phenoxy) is 2. The highest BCUT2D eigenvalue weighted by molar-refractivity contribution is 5.05. The fourth-order valence-corrected chi connectivity index (χ4v) is 2.03. The number of nitrogens with one attached hydrogen (secondary N) is 1. The van der Waals surface area contributed by atoms with E-state index in [0.717, 1.165) is 24.5 Å². The summed E-state index contributed by atoms with van der Waals surface area (Å²) in [6, 6.07) is 2.74. The summed E-state index contributed by atoms with van der Waals surface area (Å²) in [6.45, 7) is 10.00. The van der Waals surface area contributed by atoms with E-state index in [1.807, 2.05) is 6.07 Å². The van der Waals surface area contributed by atoms with Gasteiger partial charge in [-0.3, -0.25) is 4.90 Å². The van der Waals surface area contributed by atoms with E-state index in [2.05, 4.69) is 36.1 Å². The minimum absolute atomic E-state index is 0.299. The van der Waals surface area contributed by atoms with Gasteiger partial charge in [0, 0.05) is 45.5 Å². The Hall–Kier alpha value is -0.950. The number of rotatable bonds is 11. The van der Waals surface area contributed by atoms with Gasteiger partial charge in [0.05, 0.1) is 25.5 Å². The van der Waals surface area contributed by atoms with Gasteiger partial charge in [0.1, 0.15) is 0 Å². The van der Waals surface area contributed by atoms with E-state index in [1.165, 1.54) is 0 Å². The van der Waals surface area contributed by atoms with Crippen molar-refractivity contribution in [2.45, 2.75) is 45.9 Å². The Morgan fingerprint density at radius 2 is 2.05 bits per heavy atom. The van der Waals surface area contributed by atoms with Crippen molar-refractivity contribution in [3.63, 3.8) is 0 Å². The van der Waals surface area contributed by atoms with E-state index in [0.29, 0.717) is 31.8 Å². The minimum atomic E-state index is 0.299. The van der Waals surface area contributed by atoms with Gasteiger partial charge in [0.2, 0.25) is 0 Å². The highest BCUT2D eigenvalue weighted by Crippen LogP contribution is 2.10. The Kier molecular flexibility index (Phi) is 8.52. The van der Waals surface area contributed by atoms with Gasteiger partial charge >= 0.3 is 0 Å². The summed E-state index contributed by atoms with van der Waals surface area (Å²) < 4.78 is 15.8. The molecule has 0 amide bonds. The smallest absolute Gasteiger partial charge is 0.151 e. The molecule has 0 saturated heterocycles. The van der Waals surface area contributed by atoms with Crippen molar-refractivity contribution in [3.05, 3.63) is 17.5 Å². The lowest BCUT2D eigenvalue weighted by molar-refractivity contribution is 0.0650. The fourth-order valence-electron chi connectivity index (χ4n) is 2.03. The number of methoxy groups -OCH3 is 2. The normalized spacial score (nSPS) is 13.3. The van der Waals surface area contributed by atoms with Crippen LogP contribution in [0, 0.1) is 0 Å².